The van der Waals surface area contributed by atoms with E-state index >= 15 is 0 Å². The number of aryl methyl sites for hydroxylation is 2. The number of rotatable bonds is 4. The summed E-state index contributed by atoms with van der Waals surface area (Å²) in [6, 6.07) is 18.7. The largest absolute Gasteiger partial charge is 0.255 e. The van der Waals surface area contributed by atoms with Crippen LogP contribution in [0.25, 0.3) is 10.9 Å². The summed E-state index contributed by atoms with van der Waals surface area (Å²) in [6.45, 7) is 0. The molecule has 0 saturated carbocycles. The van der Waals surface area contributed by atoms with Crippen LogP contribution in [0, 0.1) is 0 Å². The van der Waals surface area contributed by atoms with Crippen molar-refractivity contribution in [2.75, 3.05) is 0 Å². The summed E-state index contributed by atoms with van der Waals surface area (Å²) < 4.78 is 0. The molecule has 0 N–H and O–H groups in total. The normalized spacial score (nSPS) is 10.8. The van der Waals surface area contributed by atoms with E-state index in [1.54, 1.807) is 0 Å². The minimum atomic E-state index is 0.729. The summed E-state index contributed by atoms with van der Waals surface area (Å²) in [5, 5.41) is 1.90. The van der Waals surface area contributed by atoms with Crippen LogP contribution < -0.4 is 0 Å². The fraction of sp³-hybridized carbons (Fsp3) is 0.167. The molecule has 0 unspecified atom stereocenters. The van der Waals surface area contributed by atoms with Crippen molar-refractivity contribution >= 4 is 22.5 Å². The number of benzene rings is 2. The molecular formula is C18H16ClN. The average molecular weight is 282 g/mol. The molecule has 0 aliphatic heterocycles. The molecule has 3 rings (SSSR count). The molecule has 0 aliphatic rings. The molecule has 1 heterocycles. The highest BCUT2D eigenvalue weighted by atomic mass is 35.5. The van der Waals surface area contributed by atoms with E-state index in [0.29, 0.717) is 0 Å². The van der Waals surface area contributed by atoms with Crippen LogP contribution in [-0.4, -0.2) is 4.98 Å². The van der Waals surface area contributed by atoms with Crippen LogP contribution in [0.1, 0.15) is 17.5 Å². The predicted molar refractivity (Wildman–Crippen MR) is 85.2 cm³/mol. The first-order valence-corrected chi connectivity index (χ1v) is 7.28. The Bertz CT molecular complexity index is 707. The minimum absolute atomic E-state index is 0.729. The van der Waals surface area contributed by atoms with E-state index in [-0.39, 0.29) is 0 Å². The molecule has 0 radical (unpaired) electrons. The van der Waals surface area contributed by atoms with Crippen molar-refractivity contribution in [1.82, 2.24) is 4.98 Å². The van der Waals surface area contributed by atoms with Gasteiger partial charge in [0, 0.05) is 11.6 Å². The molecule has 1 nitrogen and oxygen atoms in total. The second-order valence-corrected chi connectivity index (χ2v) is 5.35. The van der Waals surface area contributed by atoms with Gasteiger partial charge >= 0.3 is 0 Å². The first-order valence-electron chi connectivity index (χ1n) is 6.90. The quantitative estimate of drug-likeness (QED) is 0.651. The summed E-state index contributed by atoms with van der Waals surface area (Å²) >= 11 is 6.20. The van der Waals surface area contributed by atoms with Crippen LogP contribution in [0.15, 0.2) is 60.8 Å². The molecule has 0 spiro atoms. The molecule has 0 fully saturated rings. The zero-order valence-electron chi connectivity index (χ0n) is 11.2. The highest BCUT2D eigenvalue weighted by Gasteiger charge is 2.04. The standard InChI is InChI=1S/C18H16ClN/c19-17-11-5-10-16-15(12-13-20-18(16)17)9-4-8-14-6-2-1-3-7-14/h1-3,5-7,10-13H,4,8-9H2. The molecular weight excluding hydrogens is 266 g/mol. The third kappa shape index (κ3) is 2.83. The van der Waals surface area contributed by atoms with Crippen molar-refractivity contribution in [3.63, 3.8) is 0 Å². The van der Waals surface area contributed by atoms with Crippen molar-refractivity contribution in [2.24, 2.45) is 0 Å². The summed E-state index contributed by atoms with van der Waals surface area (Å²) in [6.07, 6.45) is 5.14. The molecule has 0 aliphatic carbocycles. The molecule has 20 heavy (non-hydrogen) atoms. The maximum absolute atomic E-state index is 6.20. The van der Waals surface area contributed by atoms with Gasteiger partial charge in [0.15, 0.2) is 0 Å². The number of fused-ring (bicyclic) bond motifs is 1. The minimum Gasteiger partial charge on any atom is -0.255 e. The lowest BCUT2D eigenvalue weighted by Gasteiger charge is -2.07. The van der Waals surface area contributed by atoms with Gasteiger partial charge in [-0.15, -0.1) is 0 Å². The van der Waals surface area contributed by atoms with Gasteiger partial charge in [0.25, 0.3) is 0 Å². The van der Waals surface area contributed by atoms with Crippen molar-refractivity contribution in [3.8, 4) is 0 Å². The lowest BCUT2D eigenvalue weighted by atomic mass is 10.0. The number of hydrogen-bond donors (Lipinski definition) is 0. The van der Waals surface area contributed by atoms with E-state index in [1.807, 2.05) is 18.3 Å². The van der Waals surface area contributed by atoms with E-state index < -0.39 is 0 Å². The Kier molecular flexibility index (Phi) is 3.98. The summed E-state index contributed by atoms with van der Waals surface area (Å²) in [5.74, 6) is 0. The molecule has 0 bridgehead atoms. The summed E-state index contributed by atoms with van der Waals surface area (Å²) in [5.41, 5.74) is 3.63. The average Bonchev–Trinajstić information content (AvgIpc) is 2.49. The second kappa shape index (κ2) is 6.06. The number of pyridine rings is 1. The van der Waals surface area contributed by atoms with E-state index in [9.17, 15) is 0 Å². The molecule has 2 heteroatoms. The first kappa shape index (κ1) is 13.1. The van der Waals surface area contributed by atoms with Crippen LogP contribution in [0.2, 0.25) is 5.02 Å². The highest BCUT2D eigenvalue weighted by molar-refractivity contribution is 6.35. The Morgan fingerprint density at radius 2 is 1.70 bits per heavy atom. The third-order valence-corrected chi connectivity index (χ3v) is 3.87. The molecule has 100 valence electrons. The van der Waals surface area contributed by atoms with E-state index in [0.717, 1.165) is 29.8 Å². The number of hydrogen-bond acceptors (Lipinski definition) is 1. The Morgan fingerprint density at radius 1 is 0.850 bits per heavy atom. The Morgan fingerprint density at radius 3 is 2.55 bits per heavy atom. The second-order valence-electron chi connectivity index (χ2n) is 4.95. The predicted octanol–water partition coefficient (Wildman–Crippen LogP) is 5.06. The highest BCUT2D eigenvalue weighted by Crippen LogP contribution is 2.24. The van der Waals surface area contributed by atoms with Gasteiger partial charge in [0.05, 0.1) is 10.5 Å². The van der Waals surface area contributed by atoms with Gasteiger partial charge in [-0.3, -0.25) is 4.98 Å². The van der Waals surface area contributed by atoms with Crippen molar-refractivity contribution in [3.05, 3.63) is 76.9 Å². The molecule has 1 aromatic heterocycles. The number of aromatic nitrogens is 1. The Hall–Kier alpha value is -1.86. The van der Waals surface area contributed by atoms with Crippen LogP contribution >= 0.6 is 11.6 Å². The summed E-state index contributed by atoms with van der Waals surface area (Å²) in [7, 11) is 0. The molecule has 0 amide bonds. The van der Waals surface area contributed by atoms with Crippen LogP contribution in [0.3, 0.4) is 0 Å². The lowest BCUT2D eigenvalue weighted by Crippen LogP contribution is -1.92. The van der Waals surface area contributed by atoms with Gasteiger partial charge in [-0.25, -0.2) is 0 Å². The van der Waals surface area contributed by atoms with Crippen LogP contribution in [-0.2, 0) is 12.8 Å². The van der Waals surface area contributed by atoms with Crippen LogP contribution in [0.5, 0.6) is 0 Å². The van der Waals surface area contributed by atoms with E-state index in [4.69, 9.17) is 11.6 Å². The van der Waals surface area contributed by atoms with Crippen LogP contribution in [0.4, 0.5) is 0 Å². The monoisotopic (exact) mass is 281 g/mol. The SMILES string of the molecule is Clc1cccc2c(CCCc3ccccc3)ccnc12. The van der Waals surface area contributed by atoms with E-state index in [1.165, 1.54) is 16.5 Å². The summed E-state index contributed by atoms with van der Waals surface area (Å²) in [4.78, 5) is 4.38. The zero-order valence-corrected chi connectivity index (χ0v) is 12.0. The number of nitrogens with zero attached hydrogens (tertiary/aromatic N) is 1. The van der Waals surface area contributed by atoms with Gasteiger partial charge in [-0.1, -0.05) is 54.1 Å². The zero-order chi connectivity index (χ0) is 13.8. The van der Waals surface area contributed by atoms with Crippen molar-refractivity contribution < 1.29 is 0 Å². The van der Waals surface area contributed by atoms with Crippen molar-refractivity contribution in [2.45, 2.75) is 19.3 Å². The van der Waals surface area contributed by atoms with Gasteiger partial charge < -0.3 is 0 Å². The van der Waals surface area contributed by atoms with Gasteiger partial charge in [0.1, 0.15) is 0 Å². The Labute approximate surface area is 124 Å². The van der Waals surface area contributed by atoms with Gasteiger partial charge in [-0.05, 0) is 42.5 Å². The number of para-hydroxylation sites is 1. The third-order valence-electron chi connectivity index (χ3n) is 3.57. The molecule has 2 aromatic carbocycles. The van der Waals surface area contributed by atoms with Gasteiger partial charge in [0.2, 0.25) is 0 Å². The molecule has 0 saturated heterocycles. The molecule has 0 atom stereocenters. The maximum Gasteiger partial charge on any atom is 0.0890 e. The lowest BCUT2D eigenvalue weighted by molar-refractivity contribution is 0.824. The van der Waals surface area contributed by atoms with E-state index in [2.05, 4.69) is 47.4 Å². The van der Waals surface area contributed by atoms with Crippen molar-refractivity contribution in [1.29, 1.82) is 0 Å². The fourth-order valence-electron chi connectivity index (χ4n) is 2.54. The smallest absolute Gasteiger partial charge is 0.0890 e. The Balaban J connectivity index is 1.76. The fourth-order valence-corrected chi connectivity index (χ4v) is 2.77. The topological polar surface area (TPSA) is 12.9 Å². The van der Waals surface area contributed by atoms with Gasteiger partial charge in [-0.2, -0.15) is 0 Å². The first-order chi connectivity index (χ1) is 9.84. The molecule has 3 aromatic rings. The maximum atomic E-state index is 6.20. The number of halogens is 1.